The van der Waals surface area contributed by atoms with Crippen molar-refractivity contribution in [3.05, 3.63) is 35.4 Å². The molecule has 4 heteroatoms. The quantitative estimate of drug-likeness (QED) is 0.755. The van der Waals surface area contributed by atoms with E-state index in [0.29, 0.717) is 0 Å². The van der Waals surface area contributed by atoms with E-state index >= 15 is 0 Å². The molecule has 0 unspecified atom stereocenters. The lowest BCUT2D eigenvalue weighted by Gasteiger charge is -2.30. The normalized spacial score (nSPS) is 19.1. The van der Waals surface area contributed by atoms with Gasteiger partial charge in [-0.1, -0.05) is 48.7 Å². The highest BCUT2D eigenvalue weighted by Crippen LogP contribution is 2.17. The van der Waals surface area contributed by atoms with Crippen molar-refractivity contribution in [3.8, 4) is 0 Å². The Labute approximate surface area is 144 Å². The summed E-state index contributed by atoms with van der Waals surface area (Å²) in [7, 11) is 0. The second-order valence-electron chi connectivity index (χ2n) is 6.28. The zero-order valence-corrected chi connectivity index (χ0v) is 14.7. The van der Waals surface area contributed by atoms with Crippen molar-refractivity contribution in [2.45, 2.75) is 38.5 Å². The van der Waals surface area contributed by atoms with Crippen LogP contribution in [0.5, 0.6) is 0 Å². The van der Waals surface area contributed by atoms with E-state index in [4.69, 9.17) is 24.4 Å². The maximum absolute atomic E-state index is 5.66. The molecule has 2 fully saturated rings. The topological polar surface area (TPSA) is 6.48 Å². The van der Waals surface area contributed by atoms with Gasteiger partial charge in [-0.25, -0.2) is 0 Å². The maximum atomic E-state index is 5.66. The lowest BCUT2D eigenvalue weighted by molar-refractivity contribution is 0.347. The number of rotatable bonds is 2. The highest BCUT2D eigenvalue weighted by Gasteiger charge is 2.17. The summed E-state index contributed by atoms with van der Waals surface area (Å²) in [6, 6.07) is 8.57. The summed E-state index contributed by atoms with van der Waals surface area (Å²) in [5.74, 6) is 0. The average molecular weight is 333 g/mol. The third kappa shape index (κ3) is 3.66. The Morgan fingerprint density at radius 2 is 0.909 bits per heavy atom. The molecule has 0 aromatic heterocycles. The summed E-state index contributed by atoms with van der Waals surface area (Å²) >= 11 is 11.3. The van der Waals surface area contributed by atoms with Gasteiger partial charge in [-0.15, -0.1) is 0 Å². The van der Waals surface area contributed by atoms with E-state index < -0.39 is 0 Å². The second-order valence-corrected chi connectivity index (χ2v) is 7.06. The summed E-state index contributed by atoms with van der Waals surface area (Å²) < 4.78 is 0. The van der Waals surface area contributed by atoms with Crippen molar-refractivity contribution >= 4 is 34.4 Å². The number of nitrogens with zero attached hydrogens (tertiary/aromatic N) is 2. The first-order valence-electron chi connectivity index (χ1n) is 8.44. The van der Waals surface area contributed by atoms with Crippen molar-refractivity contribution in [1.29, 1.82) is 0 Å². The first-order valence-corrected chi connectivity index (χ1v) is 9.26. The standard InChI is InChI=1S/C18H24N2S2/c21-17(19-11-3-1-4-12-19)15-7-9-16(10-8-15)18(22)20-13-5-2-6-14-20/h7-10H,1-6,11-14H2. The first kappa shape index (κ1) is 15.9. The molecule has 0 aliphatic carbocycles. The second kappa shape index (κ2) is 7.51. The number of piperidine rings is 2. The van der Waals surface area contributed by atoms with Crippen molar-refractivity contribution in [2.24, 2.45) is 0 Å². The Morgan fingerprint density at radius 3 is 1.23 bits per heavy atom. The van der Waals surface area contributed by atoms with Crippen molar-refractivity contribution in [3.63, 3.8) is 0 Å². The first-order chi connectivity index (χ1) is 10.8. The molecule has 0 amide bonds. The van der Waals surface area contributed by atoms with Gasteiger partial charge in [0.15, 0.2) is 0 Å². The largest absolute Gasteiger partial charge is 0.362 e. The molecule has 2 saturated heterocycles. The molecule has 1 aromatic rings. The van der Waals surface area contributed by atoms with Crippen LogP contribution in [0.4, 0.5) is 0 Å². The van der Waals surface area contributed by atoms with Crippen LogP contribution in [0.2, 0.25) is 0 Å². The fourth-order valence-electron chi connectivity index (χ4n) is 3.31. The molecule has 2 aliphatic rings. The Hall–Kier alpha value is -1.00. The van der Waals surface area contributed by atoms with Gasteiger partial charge < -0.3 is 9.80 Å². The van der Waals surface area contributed by atoms with E-state index in [1.807, 2.05) is 0 Å². The van der Waals surface area contributed by atoms with E-state index in [2.05, 4.69) is 34.1 Å². The van der Waals surface area contributed by atoms with Crippen LogP contribution in [-0.4, -0.2) is 46.0 Å². The van der Waals surface area contributed by atoms with E-state index in [1.54, 1.807) is 0 Å². The minimum absolute atomic E-state index is 0.996. The molecule has 0 bridgehead atoms. The lowest BCUT2D eigenvalue weighted by Crippen LogP contribution is -2.35. The Morgan fingerprint density at radius 1 is 0.591 bits per heavy atom. The zero-order valence-electron chi connectivity index (χ0n) is 13.1. The number of thiocarbonyl (C=S) groups is 2. The number of likely N-dealkylation sites (tertiary alicyclic amines) is 2. The molecule has 22 heavy (non-hydrogen) atoms. The van der Waals surface area contributed by atoms with Crippen LogP contribution in [0.15, 0.2) is 24.3 Å². The van der Waals surface area contributed by atoms with Gasteiger partial charge in [0.25, 0.3) is 0 Å². The van der Waals surface area contributed by atoms with Gasteiger partial charge in [-0.2, -0.15) is 0 Å². The molecule has 3 rings (SSSR count). The van der Waals surface area contributed by atoms with Crippen LogP contribution in [-0.2, 0) is 0 Å². The molecule has 1 aromatic carbocycles. The molecule has 0 saturated carbocycles. The van der Waals surface area contributed by atoms with Gasteiger partial charge in [0, 0.05) is 37.3 Å². The highest BCUT2D eigenvalue weighted by molar-refractivity contribution is 7.81. The van der Waals surface area contributed by atoms with E-state index in [0.717, 1.165) is 47.3 Å². The van der Waals surface area contributed by atoms with Gasteiger partial charge in [-0.05, 0) is 38.5 Å². The molecule has 0 spiro atoms. The van der Waals surface area contributed by atoms with Crippen LogP contribution >= 0.6 is 24.4 Å². The fourth-order valence-corrected chi connectivity index (χ4v) is 3.95. The molecule has 0 N–H and O–H groups in total. The number of benzene rings is 1. The summed E-state index contributed by atoms with van der Waals surface area (Å²) in [5.41, 5.74) is 2.31. The monoisotopic (exact) mass is 332 g/mol. The SMILES string of the molecule is S=C(c1ccc(C(=S)N2CCCCC2)cc1)N1CCCCC1. The van der Waals surface area contributed by atoms with E-state index in [-0.39, 0.29) is 0 Å². The summed E-state index contributed by atoms with van der Waals surface area (Å²) in [5, 5.41) is 0. The maximum Gasteiger partial charge on any atom is 0.109 e. The molecule has 0 atom stereocenters. The molecule has 118 valence electrons. The van der Waals surface area contributed by atoms with Crippen LogP contribution in [0, 0.1) is 0 Å². The molecular weight excluding hydrogens is 308 g/mol. The summed E-state index contributed by atoms with van der Waals surface area (Å²) in [4.78, 5) is 6.68. The van der Waals surface area contributed by atoms with Gasteiger partial charge in [0.1, 0.15) is 9.98 Å². The Kier molecular flexibility index (Phi) is 5.42. The van der Waals surface area contributed by atoms with Crippen molar-refractivity contribution in [1.82, 2.24) is 9.80 Å². The third-order valence-corrected chi connectivity index (χ3v) is 5.65. The lowest BCUT2D eigenvalue weighted by atomic mass is 10.1. The number of hydrogen-bond acceptors (Lipinski definition) is 2. The Balaban J connectivity index is 1.66. The van der Waals surface area contributed by atoms with Crippen LogP contribution in [0.25, 0.3) is 0 Å². The average Bonchev–Trinajstić information content (AvgIpc) is 2.62. The number of hydrogen-bond donors (Lipinski definition) is 0. The van der Waals surface area contributed by atoms with Crippen LogP contribution < -0.4 is 0 Å². The third-order valence-electron chi connectivity index (χ3n) is 4.67. The molecule has 2 aliphatic heterocycles. The smallest absolute Gasteiger partial charge is 0.109 e. The zero-order chi connectivity index (χ0) is 15.4. The minimum Gasteiger partial charge on any atom is -0.362 e. The van der Waals surface area contributed by atoms with Gasteiger partial charge >= 0.3 is 0 Å². The van der Waals surface area contributed by atoms with Crippen LogP contribution in [0.3, 0.4) is 0 Å². The molecule has 0 radical (unpaired) electrons. The Bertz CT molecular complexity index is 478. The molecular formula is C18H24N2S2. The van der Waals surface area contributed by atoms with Crippen molar-refractivity contribution < 1.29 is 0 Å². The molecule has 2 nitrogen and oxygen atoms in total. The van der Waals surface area contributed by atoms with Gasteiger partial charge in [-0.3, -0.25) is 0 Å². The predicted molar refractivity (Wildman–Crippen MR) is 101 cm³/mol. The van der Waals surface area contributed by atoms with Gasteiger partial charge in [0.2, 0.25) is 0 Å². The van der Waals surface area contributed by atoms with Crippen LogP contribution in [0.1, 0.15) is 49.7 Å². The van der Waals surface area contributed by atoms with Gasteiger partial charge in [0.05, 0.1) is 0 Å². The van der Waals surface area contributed by atoms with E-state index in [1.165, 1.54) is 38.5 Å². The fraction of sp³-hybridized carbons (Fsp3) is 0.556. The highest BCUT2D eigenvalue weighted by atomic mass is 32.1. The van der Waals surface area contributed by atoms with Crippen molar-refractivity contribution in [2.75, 3.05) is 26.2 Å². The summed E-state index contributed by atoms with van der Waals surface area (Å²) in [6.07, 6.45) is 7.72. The van der Waals surface area contributed by atoms with E-state index in [9.17, 15) is 0 Å². The predicted octanol–water partition coefficient (Wildman–Crippen LogP) is 4.01. The minimum atomic E-state index is 0.996. The molecule has 2 heterocycles. The summed E-state index contributed by atoms with van der Waals surface area (Å²) in [6.45, 7) is 4.42.